The minimum atomic E-state index is -0.920. The van der Waals surface area contributed by atoms with Gasteiger partial charge in [-0.25, -0.2) is 29.5 Å². The molecular weight excluding hydrogens is 615 g/mol. The molecule has 1 aliphatic heterocycles. The zero-order chi connectivity index (χ0) is 31.1. The highest BCUT2D eigenvalue weighted by Crippen LogP contribution is 2.43. The van der Waals surface area contributed by atoms with Crippen LogP contribution in [0, 0.1) is 0 Å². The number of carbonyl (C=O) groups is 2. The van der Waals surface area contributed by atoms with Crippen molar-refractivity contribution in [2.45, 2.75) is 65.5 Å². The van der Waals surface area contributed by atoms with Gasteiger partial charge in [0.25, 0.3) is 0 Å². The molecule has 1 atom stereocenters. The Morgan fingerprint density at radius 3 is 2.49 bits per heavy atom. The van der Waals surface area contributed by atoms with Crippen LogP contribution in [0.15, 0.2) is 22.2 Å². The molecule has 0 bridgehead atoms. The third kappa shape index (κ3) is 6.40. The van der Waals surface area contributed by atoms with Crippen LogP contribution in [0.3, 0.4) is 0 Å². The number of pyridine rings is 1. The van der Waals surface area contributed by atoms with Crippen molar-refractivity contribution in [3.8, 4) is 38.4 Å². The maximum atomic E-state index is 13.2. The predicted molar refractivity (Wildman–Crippen MR) is 162 cm³/mol. The summed E-state index contributed by atoms with van der Waals surface area (Å²) in [5.74, 6) is -0.734. The van der Waals surface area contributed by atoms with Gasteiger partial charge >= 0.3 is 12.1 Å². The van der Waals surface area contributed by atoms with E-state index >= 15 is 0 Å². The summed E-state index contributed by atoms with van der Waals surface area (Å²) in [6.45, 7) is 10.9. The number of nitrogens with zero attached hydrogens (tertiary/aromatic N) is 5. The average Bonchev–Trinajstić information content (AvgIpc) is 3.73. The highest BCUT2D eigenvalue weighted by molar-refractivity contribution is 7.13. The van der Waals surface area contributed by atoms with E-state index < -0.39 is 29.4 Å². The Balaban J connectivity index is 1.58. The van der Waals surface area contributed by atoms with E-state index in [-0.39, 0.29) is 37.0 Å². The SMILES string of the molecule is CCOC(=O)c1csc(-c2nc(-c3csc([C@@H]4COC(C)(C)N4C(=O)OC(C)(C)C)n3)c(-c3nc(CO)cs3)cc2O)n1. The first kappa shape index (κ1) is 30.9. The minimum absolute atomic E-state index is 0.114. The molecule has 0 unspecified atom stereocenters. The highest BCUT2D eigenvalue weighted by atomic mass is 32.1. The molecule has 43 heavy (non-hydrogen) atoms. The third-order valence-corrected chi connectivity index (χ3v) is 8.98. The molecule has 4 aromatic heterocycles. The van der Waals surface area contributed by atoms with Gasteiger partial charge in [-0.2, -0.15) is 0 Å². The molecule has 0 aliphatic carbocycles. The number of aliphatic hydroxyl groups is 1. The van der Waals surface area contributed by atoms with Crippen molar-refractivity contribution in [1.29, 1.82) is 0 Å². The number of thiazole rings is 3. The molecule has 12 nitrogen and oxygen atoms in total. The summed E-state index contributed by atoms with van der Waals surface area (Å²) in [5, 5.41) is 27.2. The smallest absolute Gasteiger partial charge is 0.413 e. The lowest BCUT2D eigenvalue weighted by molar-refractivity contribution is -0.0626. The van der Waals surface area contributed by atoms with E-state index in [1.165, 1.54) is 28.7 Å². The van der Waals surface area contributed by atoms with Gasteiger partial charge in [0, 0.05) is 21.7 Å². The third-order valence-electron chi connectivity index (χ3n) is 6.26. The molecule has 1 saturated heterocycles. The Kier molecular flexibility index (Phi) is 8.55. The van der Waals surface area contributed by atoms with Crippen molar-refractivity contribution in [3.63, 3.8) is 0 Å². The fourth-order valence-electron chi connectivity index (χ4n) is 4.39. The first-order valence-corrected chi connectivity index (χ1v) is 16.0. The minimum Gasteiger partial charge on any atom is -0.506 e. The molecule has 228 valence electrons. The number of ether oxygens (including phenoxy) is 3. The molecule has 0 aromatic carbocycles. The van der Waals surface area contributed by atoms with E-state index in [0.717, 1.165) is 11.3 Å². The average molecular weight is 646 g/mol. The Labute approximate surface area is 260 Å². The summed E-state index contributed by atoms with van der Waals surface area (Å²) < 4.78 is 16.7. The second kappa shape index (κ2) is 11.9. The molecule has 1 fully saturated rings. The van der Waals surface area contributed by atoms with Crippen LogP contribution in [-0.2, 0) is 20.8 Å². The Bertz CT molecular complexity index is 1660. The molecule has 5 rings (SSSR count). The van der Waals surface area contributed by atoms with Crippen molar-refractivity contribution in [3.05, 3.63) is 38.6 Å². The van der Waals surface area contributed by atoms with E-state index in [0.29, 0.717) is 37.7 Å². The molecule has 4 aromatic rings. The standard InChI is InChI=1S/C28H31N5O7S3/c1-7-38-25(36)17-13-43-24(31-17)21-19(35)8-15(22-29-14(9-34)11-41-22)20(32-21)16-12-42-23(30-16)18-10-39-28(5,6)33(18)26(37)40-27(2,3)4/h8,11-13,18,34-35H,7,9-10H2,1-6H3/t18-/m0/s1. The molecule has 0 spiro atoms. The Hall–Kier alpha value is -3.50. The summed E-state index contributed by atoms with van der Waals surface area (Å²) in [5.41, 5.74) is 0.521. The van der Waals surface area contributed by atoms with Crippen LogP contribution in [-0.4, -0.2) is 71.7 Å². The van der Waals surface area contributed by atoms with Gasteiger partial charge in [0.2, 0.25) is 0 Å². The molecule has 1 amide bonds. The molecule has 0 radical (unpaired) electrons. The highest BCUT2D eigenvalue weighted by Gasteiger charge is 2.47. The topological polar surface area (TPSA) is 157 Å². The Morgan fingerprint density at radius 1 is 1.07 bits per heavy atom. The molecule has 15 heteroatoms. The molecule has 1 aliphatic rings. The predicted octanol–water partition coefficient (Wildman–Crippen LogP) is 5.87. The lowest BCUT2D eigenvalue weighted by atomic mass is 10.1. The van der Waals surface area contributed by atoms with E-state index in [4.69, 9.17) is 24.2 Å². The number of hydrogen-bond acceptors (Lipinski definition) is 14. The van der Waals surface area contributed by atoms with Crippen LogP contribution in [0.25, 0.3) is 32.7 Å². The number of carbonyl (C=O) groups excluding carboxylic acids is 2. The van der Waals surface area contributed by atoms with Crippen LogP contribution in [0.1, 0.15) is 68.8 Å². The lowest BCUT2D eigenvalue weighted by Crippen LogP contribution is -2.47. The number of amides is 1. The summed E-state index contributed by atoms with van der Waals surface area (Å²) in [6.07, 6.45) is -0.511. The van der Waals surface area contributed by atoms with Gasteiger partial charge in [-0.05, 0) is 47.6 Å². The number of aromatic hydroxyl groups is 1. The summed E-state index contributed by atoms with van der Waals surface area (Å²) in [6, 6.07) is 1.02. The zero-order valence-electron chi connectivity index (χ0n) is 24.4. The van der Waals surface area contributed by atoms with Crippen molar-refractivity contribution in [1.82, 2.24) is 24.8 Å². The van der Waals surface area contributed by atoms with Gasteiger partial charge < -0.3 is 24.4 Å². The van der Waals surface area contributed by atoms with Gasteiger partial charge in [-0.1, -0.05) is 0 Å². The fourth-order valence-corrected chi connectivity index (χ4v) is 6.89. The van der Waals surface area contributed by atoms with Crippen LogP contribution in [0.4, 0.5) is 4.79 Å². The van der Waals surface area contributed by atoms with Crippen LogP contribution in [0.5, 0.6) is 5.75 Å². The van der Waals surface area contributed by atoms with Gasteiger partial charge in [0.1, 0.15) is 55.2 Å². The van der Waals surface area contributed by atoms with E-state index in [1.807, 2.05) is 5.38 Å². The number of aliphatic hydroxyl groups excluding tert-OH is 1. The number of aromatic nitrogens is 4. The Morgan fingerprint density at radius 2 is 1.81 bits per heavy atom. The number of rotatable bonds is 7. The van der Waals surface area contributed by atoms with Crippen molar-refractivity contribution in [2.24, 2.45) is 0 Å². The van der Waals surface area contributed by atoms with Gasteiger partial charge in [-0.15, -0.1) is 34.0 Å². The first-order valence-electron chi connectivity index (χ1n) is 13.4. The fraction of sp³-hybridized carbons (Fsp3) is 0.429. The maximum Gasteiger partial charge on any atom is 0.413 e. The molecule has 0 saturated carbocycles. The zero-order valence-corrected chi connectivity index (χ0v) is 26.9. The molecule has 2 N–H and O–H groups in total. The first-order chi connectivity index (χ1) is 20.3. The normalized spacial score (nSPS) is 16.4. The number of esters is 1. The monoisotopic (exact) mass is 645 g/mol. The molecule has 5 heterocycles. The van der Waals surface area contributed by atoms with Crippen LogP contribution >= 0.6 is 34.0 Å². The summed E-state index contributed by atoms with van der Waals surface area (Å²) >= 11 is 3.78. The van der Waals surface area contributed by atoms with Crippen molar-refractivity contribution in [2.75, 3.05) is 13.2 Å². The van der Waals surface area contributed by atoms with Crippen molar-refractivity contribution < 1.29 is 34.0 Å². The maximum absolute atomic E-state index is 13.2. The second-order valence-corrected chi connectivity index (χ2v) is 13.6. The van der Waals surface area contributed by atoms with Gasteiger partial charge in [-0.3, -0.25) is 4.90 Å². The van der Waals surface area contributed by atoms with E-state index in [2.05, 4.69) is 9.97 Å². The number of hydrogen-bond donors (Lipinski definition) is 2. The van der Waals surface area contributed by atoms with E-state index in [9.17, 15) is 19.8 Å². The second-order valence-electron chi connectivity index (χ2n) is 11.0. The quantitative estimate of drug-likeness (QED) is 0.232. The van der Waals surface area contributed by atoms with Crippen LogP contribution in [0.2, 0.25) is 0 Å². The van der Waals surface area contributed by atoms with Crippen LogP contribution < -0.4 is 0 Å². The lowest BCUT2D eigenvalue weighted by Gasteiger charge is -2.34. The van der Waals surface area contributed by atoms with E-state index in [1.54, 1.807) is 57.2 Å². The summed E-state index contributed by atoms with van der Waals surface area (Å²) in [7, 11) is 0. The van der Waals surface area contributed by atoms with Gasteiger partial charge in [0.15, 0.2) is 5.69 Å². The molecular formula is C28H31N5O7S3. The van der Waals surface area contributed by atoms with Crippen molar-refractivity contribution >= 4 is 46.1 Å². The largest absolute Gasteiger partial charge is 0.506 e. The summed E-state index contributed by atoms with van der Waals surface area (Å²) in [4.78, 5) is 45.5. The van der Waals surface area contributed by atoms with Gasteiger partial charge in [0.05, 0.1) is 25.5 Å².